The first-order valence-corrected chi connectivity index (χ1v) is 16.9. The zero-order valence-electron chi connectivity index (χ0n) is 24.9. The summed E-state index contributed by atoms with van der Waals surface area (Å²) in [7, 11) is -4.22. The highest BCUT2D eigenvalue weighted by Gasteiger charge is 2.34. The second kappa shape index (κ2) is 14.6. The van der Waals surface area contributed by atoms with Gasteiger partial charge in [-0.25, -0.2) is 8.42 Å². The number of nitrogens with zero attached hydrogens (tertiary/aromatic N) is 2. The molecule has 7 nitrogen and oxygen atoms in total. The van der Waals surface area contributed by atoms with Crippen LogP contribution in [0, 0.1) is 13.8 Å². The number of benzene rings is 3. The first-order valence-electron chi connectivity index (χ1n) is 14.7. The fourth-order valence-electron chi connectivity index (χ4n) is 5.52. The quantitative estimate of drug-likeness (QED) is 0.242. The largest absolute Gasteiger partial charge is 0.352 e. The van der Waals surface area contributed by atoms with Crippen molar-refractivity contribution in [2.24, 2.45) is 0 Å². The Labute approximate surface area is 265 Å². The van der Waals surface area contributed by atoms with Gasteiger partial charge in [0, 0.05) is 22.6 Å². The summed E-state index contributed by atoms with van der Waals surface area (Å²) in [5.41, 5.74) is 2.91. The van der Waals surface area contributed by atoms with E-state index in [9.17, 15) is 18.0 Å². The fourth-order valence-corrected chi connectivity index (χ4v) is 7.43. The Bertz CT molecular complexity index is 1520. The van der Waals surface area contributed by atoms with Crippen molar-refractivity contribution in [3.8, 4) is 0 Å². The minimum atomic E-state index is -4.22. The Balaban J connectivity index is 1.73. The van der Waals surface area contributed by atoms with Crippen molar-refractivity contribution in [3.63, 3.8) is 0 Å². The molecule has 1 aliphatic rings. The van der Waals surface area contributed by atoms with Gasteiger partial charge in [-0.05, 0) is 69.0 Å². The van der Waals surface area contributed by atoms with E-state index < -0.39 is 28.5 Å². The number of rotatable bonds is 11. The first-order chi connectivity index (χ1) is 20.5. The van der Waals surface area contributed by atoms with Gasteiger partial charge in [0.1, 0.15) is 12.6 Å². The van der Waals surface area contributed by atoms with Crippen molar-refractivity contribution >= 4 is 50.7 Å². The lowest BCUT2D eigenvalue weighted by Crippen LogP contribution is -2.54. The number of aryl methyl sites for hydroxylation is 2. The molecule has 1 aliphatic carbocycles. The molecule has 0 heterocycles. The molecule has 10 heteroatoms. The molecule has 2 amide bonds. The molecule has 0 bridgehead atoms. The fraction of sp³-hybridized carbons (Fsp3) is 0.394. The number of carbonyl (C=O) groups is 2. The Morgan fingerprint density at radius 2 is 1.56 bits per heavy atom. The highest BCUT2D eigenvalue weighted by molar-refractivity contribution is 7.92. The Kier molecular flexibility index (Phi) is 11.2. The molecule has 0 aromatic heterocycles. The molecule has 0 aliphatic heterocycles. The molecule has 1 fully saturated rings. The van der Waals surface area contributed by atoms with Crippen LogP contribution in [-0.4, -0.2) is 43.8 Å². The second-order valence-electron chi connectivity index (χ2n) is 11.2. The number of hydrogen-bond acceptors (Lipinski definition) is 4. The third-order valence-electron chi connectivity index (χ3n) is 7.80. The zero-order valence-corrected chi connectivity index (χ0v) is 27.2. The van der Waals surface area contributed by atoms with Gasteiger partial charge < -0.3 is 10.2 Å². The number of anilines is 1. The minimum absolute atomic E-state index is 0.0225. The molecule has 1 saturated carbocycles. The van der Waals surface area contributed by atoms with Crippen molar-refractivity contribution < 1.29 is 18.0 Å². The normalized spacial score (nSPS) is 14.6. The van der Waals surface area contributed by atoms with Gasteiger partial charge in [-0.2, -0.15) is 0 Å². The maximum Gasteiger partial charge on any atom is 0.264 e. The lowest BCUT2D eigenvalue weighted by Gasteiger charge is -2.34. The summed E-state index contributed by atoms with van der Waals surface area (Å²) in [4.78, 5) is 29.5. The van der Waals surface area contributed by atoms with Crippen LogP contribution in [0.2, 0.25) is 10.0 Å². The molecule has 1 N–H and O–H groups in total. The van der Waals surface area contributed by atoms with Gasteiger partial charge in [0.2, 0.25) is 11.8 Å². The number of amides is 2. The molecule has 3 aromatic carbocycles. The van der Waals surface area contributed by atoms with Crippen LogP contribution >= 0.6 is 23.2 Å². The Morgan fingerprint density at radius 3 is 2.16 bits per heavy atom. The molecule has 0 unspecified atom stereocenters. The molecule has 1 atom stereocenters. The summed E-state index contributed by atoms with van der Waals surface area (Å²) in [5.74, 6) is -0.743. The second-order valence-corrected chi connectivity index (χ2v) is 14.0. The molecular formula is C33H39Cl2N3O4S. The topological polar surface area (TPSA) is 86.8 Å². The van der Waals surface area contributed by atoms with Crippen molar-refractivity contribution in [1.82, 2.24) is 10.2 Å². The van der Waals surface area contributed by atoms with Crippen LogP contribution in [0.3, 0.4) is 0 Å². The van der Waals surface area contributed by atoms with Gasteiger partial charge in [-0.3, -0.25) is 13.9 Å². The summed E-state index contributed by atoms with van der Waals surface area (Å²) >= 11 is 12.6. The van der Waals surface area contributed by atoms with Crippen molar-refractivity contribution in [1.29, 1.82) is 0 Å². The molecule has 0 saturated heterocycles. The van der Waals surface area contributed by atoms with E-state index in [2.05, 4.69) is 5.32 Å². The Morgan fingerprint density at radius 1 is 0.907 bits per heavy atom. The first kappa shape index (κ1) is 32.8. The highest BCUT2D eigenvalue weighted by Crippen LogP contribution is 2.30. The van der Waals surface area contributed by atoms with Gasteiger partial charge >= 0.3 is 0 Å². The number of sulfonamides is 1. The summed E-state index contributed by atoms with van der Waals surface area (Å²) in [6.45, 7) is 5.28. The van der Waals surface area contributed by atoms with E-state index in [-0.39, 0.29) is 39.1 Å². The van der Waals surface area contributed by atoms with Crippen LogP contribution in [0.15, 0.2) is 71.6 Å². The average Bonchev–Trinajstić information content (AvgIpc) is 2.96. The molecular weight excluding hydrogens is 605 g/mol. The van der Waals surface area contributed by atoms with Gasteiger partial charge in [0.05, 0.1) is 10.6 Å². The summed E-state index contributed by atoms with van der Waals surface area (Å²) < 4.78 is 29.1. The maximum atomic E-state index is 14.3. The van der Waals surface area contributed by atoms with Crippen LogP contribution in [0.4, 0.5) is 5.69 Å². The Hall–Kier alpha value is -3.07. The van der Waals surface area contributed by atoms with E-state index in [1.165, 1.54) is 35.2 Å². The van der Waals surface area contributed by atoms with Gasteiger partial charge in [-0.15, -0.1) is 0 Å². The SMILES string of the molecule is CC[C@@H](C(=O)NC1CCCCC1)N(Cc1cccc(C)c1)C(=O)CN(c1cc(Cl)cc(Cl)c1)S(=O)(=O)c1ccc(C)cc1. The van der Waals surface area contributed by atoms with Crippen molar-refractivity contribution in [2.45, 2.75) is 82.8 Å². The van der Waals surface area contributed by atoms with E-state index in [1.54, 1.807) is 12.1 Å². The molecule has 4 rings (SSSR count). The number of carbonyl (C=O) groups excluding carboxylic acids is 2. The number of halogens is 2. The molecule has 230 valence electrons. The standard InChI is InChI=1S/C33H39Cl2N3O4S/c1-4-31(33(40)36-28-11-6-5-7-12-28)37(21-25-10-8-9-24(3)17-25)32(39)22-38(29-19-26(34)18-27(35)20-29)43(41,42)30-15-13-23(2)14-16-30/h8-10,13-20,28,31H,4-7,11-12,21-22H2,1-3H3,(H,36,40)/t31-/m0/s1. The average molecular weight is 645 g/mol. The highest BCUT2D eigenvalue weighted by atomic mass is 35.5. The summed E-state index contributed by atoms with van der Waals surface area (Å²) in [6, 6.07) is 17.8. The van der Waals surface area contributed by atoms with E-state index in [4.69, 9.17) is 23.2 Å². The van der Waals surface area contributed by atoms with Crippen LogP contribution in [-0.2, 0) is 26.2 Å². The zero-order chi connectivity index (χ0) is 31.1. The molecule has 43 heavy (non-hydrogen) atoms. The van der Waals surface area contributed by atoms with Gasteiger partial charge in [-0.1, -0.05) is 96.9 Å². The number of hydrogen-bond donors (Lipinski definition) is 1. The van der Waals surface area contributed by atoms with Crippen molar-refractivity contribution in [3.05, 3.63) is 93.5 Å². The van der Waals surface area contributed by atoms with E-state index in [0.717, 1.165) is 53.1 Å². The molecule has 0 spiro atoms. The van der Waals surface area contributed by atoms with Crippen LogP contribution in [0.1, 0.15) is 62.1 Å². The lowest BCUT2D eigenvalue weighted by molar-refractivity contribution is -0.140. The van der Waals surface area contributed by atoms with Gasteiger partial charge in [0.25, 0.3) is 10.0 Å². The number of nitrogens with one attached hydrogen (secondary N) is 1. The van der Waals surface area contributed by atoms with Crippen LogP contribution in [0.5, 0.6) is 0 Å². The minimum Gasteiger partial charge on any atom is -0.352 e. The third-order valence-corrected chi connectivity index (χ3v) is 10.0. The van der Waals surface area contributed by atoms with Crippen molar-refractivity contribution in [2.75, 3.05) is 10.8 Å². The summed E-state index contributed by atoms with van der Waals surface area (Å²) in [6.07, 6.45) is 5.45. The predicted octanol–water partition coefficient (Wildman–Crippen LogP) is 7.06. The maximum absolute atomic E-state index is 14.3. The third kappa shape index (κ3) is 8.52. The van der Waals surface area contributed by atoms with Crippen LogP contribution in [0.25, 0.3) is 0 Å². The smallest absolute Gasteiger partial charge is 0.264 e. The summed E-state index contributed by atoms with van der Waals surface area (Å²) in [5, 5.41) is 3.63. The molecule has 0 radical (unpaired) electrons. The lowest BCUT2D eigenvalue weighted by atomic mass is 9.95. The van der Waals surface area contributed by atoms with E-state index in [0.29, 0.717) is 6.42 Å². The van der Waals surface area contributed by atoms with E-state index >= 15 is 0 Å². The predicted molar refractivity (Wildman–Crippen MR) is 173 cm³/mol. The van der Waals surface area contributed by atoms with Gasteiger partial charge in [0.15, 0.2) is 0 Å². The molecule has 3 aromatic rings. The van der Waals surface area contributed by atoms with E-state index in [1.807, 2.05) is 45.0 Å². The monoisotopic (exact) mass is 643 g/mol. The van der Waals surface area contributed by atoms with Crippen LogP contribution < -0.4 is 9.62 Å².